The number of methoxy groups -OCH3 is 4. The van der Waals surface area contributed by atoms with Crippen molar-refractivity contribution in [1.29, 1.82) is 0 Å². The van der Waals surface area contributed by atoms with Gasteiger partial charge in [-0.15, -0.1) is 0 Å². The van der Waals surface area contributed by atoms with Gasteiger partial charge >= 0.3 is 0 Å². The number of ether oxygens (including phenoxy) is 6. The van der Waals surface area contributed by atoms with Crippen molar-refractivity contribution in [3.05, 3.63) is 60.2 Å². The van der Waals surface area contributed by atoms with Crippen LogP contribution in [0.15, 0.2) is 49.1 Å². The van der Waals surface area contributed by atoms with E-state index in [-0.39, 0.29) is 24.9 Å². The molecule has 2 aromatic carbocycles. The highest BCUT2D eigenvalue weighted by Gasteiger charge is 2.44. The van der Waals surface area contributed by atoms with Crippen LogP contribution in [-0.4, -0.2) is 89.7 Å². The third kappa shape index (κ3) is 5.32. The van der Waals surface area contributed by atoms with E-state index >= 15 is 0 Å². The summed E-state index contributed by atoms with van der Waals surface area (Å²) in [5.74, 6) is 2.03. The molecule has 1 saturated heterocycles. The Morgan fingerprint density at radius 3 is 2.32 bits per heavy atom. The van der Waals surface area contributed by atoms with Crippen molar-refractivity contribution in [3.8, 4) is 23.0 Å². The Kier molecular flexibility index (Phi) is 8.40. The first kappa shape index (κ1) is 28.4. The monoisotopic (exact) mass is 567 g/mol. The number of nitrogens with two attached hydrogens (primary N) is 1. The molecule has 1 aliphatic heterocycles. The molecule has 2 aromatic heterocycles. The molecule has 0 spiro atoms. The van der Waals surface area contributed by atoms with E-state index < -0.39 is 24.5 Å². The van der Waals surface area contributed by atoms with Crippen molar-refractivity contribution in [2.75, 3.05) is 47.4 Å². The molecular formula is C28H33N5O8. The average molecular weight is 568 g/mol. The summed E-state index contributed by atoms with van der Waals surface area (Å²) in [6, 6.07) is 11.4. The van der Waals surface area contributed by atoms with Crippen LogP contribution in [0.25, 0.3) is 11.2 Å². The minimum absolute atomic E-state index is 0.00540. The molecule has 1 unspecified atom stereocenters. The lowest BCUT2D eigenvalue weighted by Gasteiger charge is -2.24. The summed E-state index contributed by atoms with van der Waals surface area (Å²) in [7, 11) is 6.26. The van der Waals surface area contributed by atoms with Gasteiger partial charge in [-0.3, -0.25) is 4.57 Å². The van der Waals surface area contributed by atoms with Gasteiger partial charge in [0.2, 0.25) is 5.75 Å². The highest BCUT2D eigenvalue weighted by molar-refractivity contribution is 5.81. The molecule has 0 saturated carbocycles. The fourth-order valence-corrected chi connectivity index (χ4v) is 5.08. The second-order valence-electron chi connectivity index (χ2n) is 9.42. The first-order valence-corrected chi connectivity index (χ1v) is 12.9. The maximum absolute atomic E-state index is 10.8. The van der Waals surface area contributed by atoms with Gasteiger partial charge in [0, 0.05) is 11.5 Å². The standard InChI is InChI=1S/C28H33N5O8/c1-36-18-8-6-5-7-16(18)17(15-9-19(37-2)25(39-4)20(10-15)38-3)11-40-12-21-23(34)24(35)28(41-21)33-14-32-22-26(29)30-13-31-27(22)33/h5-10,13-14,17,21,23-24,28,34-35H,11-12H2,1-4H3,(H2,29,30,31)/t17?,21-,23-,24-,28-/m1/s1. The second-order valence-corrected chi connectivity index (χ2v) is 9.42. The number of fused-ring (bicyclic) bond motifs is 1. The molecule has 0 aliphatic carbocycles. The number of hydrogen-bond donors (Lipinski definition) is 3. The Bertz CT molecular complexity index is 1470. The van der Waals surface area contributed by atoms with E-state index in [2.05, 4.69) is 15.0 Å². The maximum atomic E-state index is 10.8. The zero-order valence-corrected chi connectivity index (χ0v) is 23.1. The van der Waals surface area contributed by atoms with Crippen molar-refractivity contribution >= 4 is 17.0 Å². The zero-order chi connectivity index (χ0) is 29.1. The molecule has 5 rings (SSSR count). The van der Waals surface area contributed by atoms with Crippen LogP contribution >= 0.6 is 0 Å². The predicted molar refractivity (Wildman–Crippen MR) is 147 cm³/mol. The molecular weight excluding hydrogens is 534 g/mol. The molecule has 218 valence electrons. The molecule has 0 radical (unpaired) electrons. The van der Waals surface area contributed by atoms with Crippen LogP contribution in [0.4, 0.5) is 5.82 Å². The summed E-state index contributed by atoms with van der Waals surface area (Å²) in [5, 5.41) is 21.6. The molecule has 0 bridgehead atoms. The van der Waals surface area contributed by atoms with Gasteiger partial charge in [0.1, 0.15) is 35.9 Å². The lowest BCUT2D eigenvalue weighted by atomic mass is 9.90. The number of benzene rings is 2. The van der Waals surface area contributed by atoms with Crippen molar-refractivity contribution < 1.29 is 38.6 Å². The number of nitrogens with zero attached hydrogens (tertiary/aromatic N) is 4. The highest BCUT2D eigenvalue weighted by atomic mass is 16.6. The number of aromatic nitrogens is 4. The van der Waals surface area contributed by atoms with Crippen LogP contribution in [0, 0.1) is 0 Å². The summed E-state index contributed by atoms with van der Waals surface area (Å²) in [6.45, 7) is 0.179. The Morgan fingerprint density at radius 2 is 1.63 bits per heavy atom. The van der Waals surface area contributed by atoms with Gasteiger partial charge in [0.25, 0.3) is 0 Å². The van der Waals surface area contributed by atoms with Crippen LogP contribution in [-0.2, 0) is 9.47 Å². The Hall–Kier alpha value is -4.17. The second kappa shape index (κ2) is 12.1. The first-order chi connectivity index (χ1) is 19.9. The van der Waals surface area contributed by atoms with E-state index in [0.29, 0.717) is 34.2 Å². The zero-order valence-electron chi connectivity index (χ0n) is 23.1. The topological polar surface area (TPSA) is 165 Å². The van der Waals surface area contributed by atoms with E-state index in [0.717, 1.165) is 11.1 Å². The number of aliphatic hydroxyl groups is 2. The van der Waals surface area contributed by atoms with Gasteiger partial charge in [-0.2, -0.15) is 0 Å². The minimum atomic E-state index is -1.25. The molecule has 4 N–H and O–H groups in total. The average Bonchev–Trinajstić information content (AvgIpc) is 3.55. The molecule has 3 heterocycles. The van der Waals surface area contributed by atoms with Crippen molar-refractivity contribution in [2.45, 2.75) is 30.5 Å². The third-order valence-electron chi connectivity index (χ3n) is 7.17. The lowest BCUT2D eigenvalue weighted by molar-refractivity contribution is -0.0661. The van der Waals surface area contributed by atoms with E-state index in [1.807, 2.05) is 36.4 Å². The van der Waals surface area contributed by atoms with Crippen molar-refractivity contribution in [2.24, 2.45) is 0 Å². The van der Waals surface area contributed by atoms with Crippen LogP contribution in [0.5, 0.6) is 23.0 Å². The number of para-hydroxylation sites is 1. The van der Waals surface area contributed by atoms with Gasteiger partial charge < -0.3 is 44.4 Å². The minimum Gasteiger partial charge on any atom is -0.496 e. The van der Waals surface area contributed by atoms with Crippen molar-refractivity contribution in [1.82, 2.24) is 19.5 Å². The Morgan fingerprint density at radius 1 is 0.927 bits per heavy atom. The molecule has 1 aliphatic rings. The Balaban J connectivity index is 1.39. The number of aliphatic hydroxyl groups excluding tert-OH is 2. The van der Waals surface area contributed by atoms with Crippen LogP contribution in [0.3, 0.4) is 0 Å². The quantitative estimate of drug-likeness (QED) is 0.241. The summed E-state index contributed by atoms with van der Waals surface area (Å²) in [5.41, 5.74) is 8.35. The van der Waals surface area contributed by atoms with Gasteiger partial charge in [-0.1, -0.05) is 18.2 Å². The number of rotatable bonds is 11. The first-order valence-electron chi connectivity index (χ1n) is 12.9. The smallest absolute Gasteiger partial charge is 0.203 e. The van der Waals surface area contributed by atoms with Crippen LogP contribution < -0.4 is 24.7 Å². The SMILES string of the molecule is COc1ccccc1C(COC[C@H]1O[C@@H](n2cnc3c(N)ncnc32)[C@H](O)[C@@H]1O)c1cc(OC)c(OC)c(OC)c1. The van der Waals surface area contributed by atoms with Crippen LogP contribution in [0.2, 0.25) is 0 Å². The molecule has 1 fully saturated rings. The maximum Gasteiger partial charge on any atom is 0.203 e. The molecule has 13 heteroatoms. The van der Waals surface area contributed by atoms with Gasteiger partial charge in [0.15, 0.2) is 29.2 Å². The number of imidazole rings is 1. The fourth-order valence-electron chi connectivity index (χ4n) is 5.08. The number of anilines is 1. The Labute approximate surface area is 236 Å². The molecule has 4 aromatic rings. The van der Waals surface area contributed by atoms with Gasteiger partial charge in [-0.25, -0.2) is 15.0 Å². The summed E-state index contributed by atoms with van der Waals surface area (Å²) < 4.78 is 36.0. The molecule has 41 heavy (non-hydrogen) atoms. The van der Waals surface area contributed by atoms with Crippen LogP contribution in [0.1, 0.15) is 23.3 Å². The summed E-state index contributed by atoms with van der Waals surface area (Å²) in [4.78, 5) is 12.4. The fraction of sp³-hybridized carbons (Fsp3) is 0.393. The number of nitrogen functional groups attached to an aromatic ring is 1. The summed E-state index contributed by atoms with van der Waals surface area (Å²) >= 11 is 0. The normalized spacial score (nSPS) is 21.1. The largest absolute Gasteiger partial charge is 0.496 e. The molecule has 13 nitrogen and oxygen atoms in total. The van der Waals surface area contributed by atoms with Gasteiger partial charge in [0.05, 0.1) is 48.0 Å². The van der Waals surface area contributed by atoms with E-state index in [4.69, 9.17) is 34.2 Å². The van der Waals surface area contributed by atoms with Gasteiger partial charge in [-0.05, 0) is 23.8 Å². The molecule has 5 atom stereocenters. The third-order valence-corrected chi connectivity index (χ3v) is 7.17. The highest BCUT2D eigenvalue weighted by Crippen LogP contribution is 2.43. The van der Waals surface area contributed by atoms with E-state index in [9.17, 15) is 10.2 Å². The molecule has 0 amide bonds. The predicted octanol–water partition coefficient (Wildman–Crippen LogP) is 1.91. The number of hydrogen-bond acceptors (Lipinski definition) is 12. The lowest BCUT2D eigenvalue weighted by Crippen LogP contribution is -2.34. The van der Waals surface area contributed by atoms with E-state index in [1.54, 1.807) is 28.4 Å². The van der Waals surface area contributed by atoms with E-state index in [1.165, 1.54) is 17.2 Å². The van der Waals surface area contributed by atoms with Crippen molar-refractivity contribution in [3.63, 3.8) is 0 Å². The summed E-state index contributed by atoms with van der Waals surface area (Å²) in [6.07, 6.45) is -1.50.